The molecule has 0 fully saturated rings. The second-order valence-corrected chi connectivity index (χ2v) is 6.36. The lowest BCUT2D eigenvalue weighted by molar-refractivity contribution is 0.397. The number of ether oxygens (including phenoxy) is 1. The number of rotatable bonds is 6. The molecule has 0 saturated carbocycles. The standard InChI is InChI=1S/C13H18N2O3S/c1-4-12(9-14)19(16,17)15(2)10-11-7-5-6-8-13(11)18-3/h5-8,12H,4,10H2,1-3H3. The van der Waals surface area contributed by atoms with E-state index in [1.54, 1.807) is 19.1 Å². The van der Waals surface area contributed by atoms with Crippen LogP contribution in [0.15, 0.2) is 24.3 Å². The SMILES string of the molecule is CCC(C#N)S(=O)(=O)N(C)Cc1ccccc1OC. The molecule has 0 aromatic heterocycles. The molecule has 0 spiro atoms. The van der Waals surface area contributed by atoms with Gasteiger partial charge < -0.3 is 4.74 Å². The topological polar surface area (TPSA) is 70.4 Å². The van der Waals surface area contributed by atoms with E-state index in [4.69, 9.17) is 10.00 Å². The number of benzene rings is 1. The Hall–Kier alpha value is -1.58. The van der Waals surface area contributed by atoms with Crippen LogP contribution in [0.1, 0.15) is 18.9 Å². The predicted octanol–water partition coefficient (Wildman–Crippen LogP) is 1.76. The molecular weight excluding hydrogens is 264 g/mol. The monoisotopic (exact) mass is 282 g/mol. The van der Waals surface area contributed by atoms with Crippen LogP contribution in [0.3, 0.4) is 0 Å². The van der Waals surface area contributed by atoms with Crippen molar-refractivity contribution in [1.82, 2.24) is 4.31 Å². The summed E-state index contributed by atoms with van der Waals surface area (Å²) < 4.78 is 30.7. The normalized spacial score (nSPS) is 13.0. The molecule has 1 unspecified atom stereocenters. The summed E-state index contributed by atoms with van der Waals surface area (Å²) >= 11 is 0. The van der Waals surface area contributed by atoms with Gasteiger partial charge in [0.2, 0.25) is 10.0 Å². The van der Waals surface area contributed by atoms with Crippen LogP contribution in [0, 0.1) is 11.3 Å². The zero-order chi connectivity index (χ0) is 14.5. The van der Waals surface area contributed by atoms with Gasteiger partial charge in [0.15, 0.2) is 5.25 Å². The molecule has 0 bridgehead atoms. The Morgan fingerprint density at radius 2 is 2.05 bits per heavy atom. The molecule has 5 nitrogen and oxygen atoms in total. The molecule has 1 aromatic rings. The highest BCUT2D eigenvalue weighted by Gasteiger charge is 2.28. The molecule has 0 aliphatic rings. The number of sulfonamides is 1. The van der Waals surface area contributed by atoms with Crippen molar-refractivity contribution in [3.63, 3.8) is 0 Å². The van der Waals surface area contributed by atoms with Gasteiger partial charge in [0, 0.05) is 19.2 Å². The molecule has 1 rings (SSSR count). The average molecular weight is 282 g/mol. The highest BCUT2D eigenvalue weighted by atomic mass is 32.2. The molecule has 1 atom stereocenters. The van der Waals surface area contributed by atoms with Crippen molar-refractivity contribution < 1.29 is 13.2 Å². The summed E-state index contributed by atoms with van der Waals surface area (Å²) in [6, 6.07) is 9.05. The van der Waals surface area contributed by atoms with Gasteiger partial charge in [-0.15, -0.1) is 0 Å². The molecule has 0 radical (unpaired) electrons. The molecule has 1 aromatic carbocycles. The highest BCUT2D eigenvalue weighted by molar-refractivity contribution is 7.89. The van der Waals surface area contributed by atoms with Gasteiger partial charge in [-0.3, -0.25) is 0 Å². The van der Waals surface area contributed by atoms with Crippen LogP contribution < -0.4 is 4.74 Å². The van der Waals surface area contributed by atoms with Crippen molar-refractivity contribution in [2.45, 2.75) is 25.1 Å². The number of nitrogens with zero attached hydrogens (tertiary/aromatic N) is 2. The maximum atomic E-state index is 12.2. The van der Waals surface area contributed by atoms with Crippen molar-refractivity contribution in [1.29, 1.82) is 5.26 Å². The lowest BCUT2D eigenvalue weighted by Gasteiger charge is -2.20. The Morgan fingerprint density at radius 3 is 2.58 bits per heavy atom. The van der Waals surface area contributed by atoms with E-state index in [9.17, 15) is 8.42 Å². The van der Waals surface area contributed by atoms with Crippen LogP contribution >= 0.6 is 0 Å². The zero-order valence-electron chi connectivity index (χ0n) is 11.3. The third-order valence-corrected chi connectivity index (χ3v) is 5.05. The summed E-state index contributed by atoms with van der Waals surface area (Å²) in [7, 11) is -0.595. The number of para-hydroxylation sites is 1. The van der Waals surface area contributed by atoms with Gasteiger partial charge in [-0.05, 0) is 12.5 Å². The van der Waals surface area contributed by atoms with Gasteiger partial charge in [0.1, 0.15) is 5.75 Å². The van der Waals surface area contributed by atoms with Crippen molar-refractivity contribution in [2.75, 3.05) is 14.2 Å². The van der Waals surface area contributed by atoms with Crippen LogP contribution in [-0.2, 0) is 16.6 Å². The minimum Gasteiger partial charge on any atom is -0.496 e. The van der Waals surface area contributed by atoms with Gasteiger partial charge in [-0.25, -0.2) is 8.42 Å². The molecule has 0 aliphatic heterocycles. The zero-order valence-corrected chi connectivity index (χ0v) is 12.1. The minimum absolute atomic E-state index is 0.185. The number of hydrogen-bond donors (Lipinski definition) is 0. The van der Waals surface area contributed by atoms with E-state index in [1.807, 2.05) is 18.2 Å². The molecule has 0 saturated heterocycles. The van der Waals surface area contributed by atoms with Gasteiger partial charge >= 0.3 is 0 Å². The first-order chi connectivity index (χ1) is 8.97. The van der Waals surface area contributed by atoms with Crippen LogP contribution in [0.5, 0.6) is 5.75 Å². The Bertz CT molecular complexity index is 563. The summed E-state index contributed by atoms with van der Waals surface area (Å²) in [5.41, 5.74) is 0.767. The molecule has 0 heterocycles. The molecule has 104 valence electrons. The number of nitriles is 1. The van der Waals surface area contributed by atoms with Crippen LogP contribution in [-0.4, -0.2) is 32.1 Å². The first kappa shape index (κ1) is 15.5. The Kier molecular flexibility index (Phi) is 5.33. The second-order valence-electron chi connectivity index (χ2n) is 4.14. The van der Waals surface area contributed by atoms with E-state index in [0.717, 1.165) is 5.56 Å². The average Bonchev–Trinajstić information content (AvgIpc) is 2.40. The fraction of sp³-hybridized carbons (Fsp3) is 0.462. The molecule has 0 amide bonds. The van der Waals surface area contributed by atoms with E-state index in [0.29, 0.717) is 5.75 Å². The maximum absolute atomic E-state index is 12.2. The third kappa shape index (κ3) is 3.46. The van der Waals surface area contributed by atoms with Crippen molar-refractivity contribution in [2.24, 2.45) is 0 Å². The maximum Gasteiger partial charge on any atom is 0.230 e. The van der Waals surface area contributed by atoms with E-state index in [-0.39, 0.29) is 13.0 Å². The minimum atomic E-state index is -3.61. The third-order valence-electron chi connectivity index (χ3n) is 2.89. The van der Waals surface area contributed by atoms with Gasteiger partial charge in [-0.1, -0.05) is 25.1 Å². The molecular formula is C13H18N2O3S. The summed E-state index contributed by atoms with van der Waals surface area (Å²) in [6.45, 7) is 1.87. The van der Waals surface area contributed by atoms with Crippen molar-refractivity contribution >= 4 is 10.0 Å². The Balaban J connectivity index is 2.97. The summed E-state index contributed by atoms with van der Waals surface area (Å²) in [4.78, 5) is 0. The van der Waals surface area contributed by atoms with Crippen LogP contribution in [0.2, 0.25) is 0 Å². The molecule has 0 aliphatic carbocycles. The Labute approximate surface area is 114 Å². The lowest BCUT2D eigenvalue weighted by atomic mass is 10.2. The van der Waals surface area contributed by atoms with E-state index in [1.165, 1.54) is 18.5 Å². The molecule has 19 heavy (non-hydrogen) atoms. The number of methoxy groups -OCH3 is 1. The summed E-state index contributed by atoms with van der Waals surface area (Å²) in [5.74, 6) is 0.634. The van der Waals surface area contributed by atoms with E-state index in [2.05, 4.69) is 0 Å². The fourth-order valence-electron chi connectivity index (χ4n) is 1.75. The number of hydrogen-bond acceptors (Lipinski definition) is 4. The fourth-order valence-corrected chi connectivity index (χ4v) is 3.06. The lowest BCUT2D eigenvalue weighted by Crippen LogP contribution is -2.34. The van der Waals surface area contributed by atoms with Gasteiger partial charge in [-0.2, -0.15) is 9.57 Å². The van der Waals surface area contributed by atoms with Crippen LogP contribution in [0.25, 0.3) is 0 Å². The Morgan fingerprint density at radius 1 is 1.42 bits per heavy atom. The predicted molar refractivity (Wildman–Crippen MR) is 73.1 cm³/mol. The van der Waals surface area contributed by atoms with Crippen LogP contribution in [0.4, 0.5) is 0 Å². The summed E-state index contributed by atoms with van der Waals surface area (Å²) in [6.07, 6.45) is 0.273. The molecule has 0 N–H and O–H groups in total. The first-order valence-electron chi connectivity index (χ1n) is 5.94. The first-order valence-corrected chi connectivity index (χ1v) is 7.44. The smallest absolute Gasteiger partial charge is 0.230 e. The van der Waals surface area contributed by atoms with E-state index >= 15 is 0 Å². The van der Waals surface area contributed by atoms with Crippen molar-refractivity contribution in [3.8, 4) is 11.8 Å². The van der Waals surface area contributed by atoms with Gasteiger partial charge in [0.05, 0.1) is 13.2 Å². The largest absolute Gasteiger partial charge is 0.496 e. The summed E-state index contributed by atoms with van der Waals surface area (Å²) in [5, 5.41) is 7.89. The van der Waals surface area contributed by atoms with Crippen molar-refractivity contribution in [3.05, 3.63) is 29.8 Å². The van der Waals surface area contributed by atoms with E-state index < -0.39 is 15.3 Å². The van der Waals surface area contributed by atoms with Gasteiger partial charge in [0.25, 0.3) is 0 Å². The molecule has 6 heteroatoms. The quantitative estimate of drug-likeness (QED) is 0.797. The second kappa shape index (κ2) is 6.55. The highest BCUT2D eigenvalue weighted by Crippen LogP contribution is 2.21.